The molecule has 0 saturated heterocycles. The van der Waals surface area contributed by atoms with E-state index >= 15 is 0 Å². The van der Waals surface area contributed by atoms with E-state index in [0.29, 0.717) is 5.82 Å². The van der Waals surface area contributed by atoms with Crippen LogP contribution in [0.1, 0.15) is 0 Å². The van der Waals surface area contributed by atoms with E-state index in [1.54, 1.807) is 6.20 Å². The fourth-order valence-corrected chi connectivity index (χ4v) is 3.07. The van der Waals surface area contributed by atoms with E-state index in [2.05, 4.69) is 31.2 Å². The predicted molar refractivity (Wildman–Crippen MR) is 106 cm³/mol. The summed E-state index contributed by atoms with van der Waals surface area (Å²) in [5, 5.41) is 2.92. The summed E-state index contributed by atoms with van der Waals surface area (Å²) >= 11 is 3.39. The van der Waals surface area contributed by atoms with Crippen molar-refractivity contribution in [3.05, 3.63) is 77.4 Å². The Morgan fingerprint density at radius 3 is 2.54 bits per heavy atom. The first kappa shape index (κ1) is 16.5. The zero-order chi connectivity index (χ0) is 17.9. The number of carbonyl (C=O) groups excluding carboxylic acids is 1. The van der Waals surface area contributed by atoms with Crippen LogP contribution in [0.25, 0.3) is 22.6 Å². The number of carbonyl (C=O) groups is 1. The fraction of sp³-hybridized carbons (Fsp3) is 0.0500. The van der Waals surface area contributed by atoms with Crippen LogP contribution in [0.15, 0.2) is 77.4 Å². The van der Waals surface area contributed by atoms with Crippen molar-refractivity contribution in [3.63, 3.8) is 0 Å². The SMILES string of the molecule is O=C(Cn1c(-c2ccccn2)nc2ccccc21)Nc1ccc(Br)cc1. The molecule has 0 fully saturated rings. The minimum absolute atomic E-state index is 0.118. The number of halogens is 1. The molecular weight excluding hydrogens is 392 g/mol. The Hall–Kier alpha value is -2.99. The topological polar surface area (TPSA) is 59.8 Å². The number of pyridine rings is 1. The van der Waals surface area contributed by atoms with E-state index < -0.39 is 0 Å². The number of para-hydroxylation sites is 2. The van der Waals surface area contributed by atoms with Crippen molar-refractivity contribution < 1.29 is 4.79 Å². The number of amides is 1. The van der Waals surface area contributed by atoms with Crippen molar-refractivity contribution >= 4 is 38.6 Å². The average molecular weight is 407 g/mol. The summed E-state index contributed by atoms with van der Waals surface area (Å²) in [6.07, 6.45) is 1.72. The molecule has 0 atom stereocenters. The van der Waals surface area contributed by atoms with Gasteiger partial charge in [-0.25, -0.2) is 4.98 Å². The molecule has 1 N–H and O–H groups in total. The molecule has 2 heterocycles. The van der Waals surface area contributed by atoms with Gasteiger partial charge in [-0.05, 0) is 48.5 Å². The maximum Gasteiger partial charge on any atom is 0.244 e. The molecule has 5 nitrogen and oxygen atoms in total. The largest absolute Gasteiger partial charge is 0.325 e. The number of benzene rings is 2. The van der Waals surface area contributed by atoms with Crippen LogP contribution in [0.2, 0.25) is 0 Å². The van der Waals surface area contributed by atoms with Crippen LogP contribution >= 0.6 is 15.9 Å². The van der Waals surface area contributed by atoms with Crippen molar-refractivity contribution in [1.82, 2.24) is 14.5 Å². The number of nitrogens with zero attached hydrogens (tertiary/aromatic N) is 3. The highest BCUT2D eigenvalue weighted by Gasteiger charge is 2.15. The molecule has 0 unspecified atom stereocenters. The first-order chi connectivity index (χ1) is 12.7. The Kier molecular flexibility index (Phi) is 4.50. The molecule has 26 heavy (non-hydrogen) atoms. The van der Waals surface area contributed by atoms with Crippen LogP contribution in [-0.2, 0) is 11.3 Å². The van der Waals surface area contributed by atoms with Crippen LogP contribution in [-0.4, -0.2) is 20.4 Å². The van der Waals surface area contributed by atoms with Gasteiger partial charge in [0.1, 0.15) is 12.2 Å². The third-order valence-electron chi connectivity index (χ3n) is 3.98. The van der Waals surface area contributed by atoms with Gasteiger partial charge in [0.25, 0.3) is 0 Å². The molecule has 0 aliphatic heterocycles. The Morgan fingerprint density at radius 1 is 1.00 bits per heavy atom. The molecule has 2 aromatic carbocycles. The van der Waals surface area contributed by atoms with Gasteiger partial charge < -0.3 is 9.88 Å². The quantitative estimate of drug-likeness (QED) is 0.542. The summed E-state index contributed by atoms with van der Waals surface area (Å²) in [5.74, 6) is 0.561. The number of hydrogen-bond donors (Lipinski definition) is 1. The standard InChI is InChI=1S/C20H15BrN4O/c21-14-8-10-15(11-9-14)23-19(26)13-25-18-7-2-1-5-16(18)24-20(25)17-6-3-4-12-22-17/h1-12H,13H2,(H,23,26). The number of anilines is 1. The monoisotopic (exact) mass is 406 g/mol. The molecular formula is C20H15BrN4O. The van der Waals surface area contributed by atoms with Crippen LogP contribution in [0.4, 0.5) is 5.69 Å². The van der Waals surface area contributed by atoms with Crippen molar-refractivity contribution in [1.29, 1.82) is 0 Å². The summed E-state index contributed by atoms with van der Waals surface area (Å²) in [5.41, 5.74) is 3.23. The fourth-order valence-electron chi connectivity index (χ4n) is 2.80. The normalized spacial score (nSPS) is 10.8. The summed E-state index contributed by atoms with van der Waals surface area (Å²) < 4.78 is 2.86. The molecule has 0 bridgehead atoms. The first-order valence-corrected chi connectivity index (χ1v) is 8.92. The highest BCUT2D eigenvalue weighted by Crippen LogP contribution is 2.23. The van der Waals surface area contributed by atoms with E-state index in [0.717, 1.165) is 26.9 Å². The minimum atomic E-state index is -0.118. The third kappa shape index (κ3) is 3.36. The number of hydrogen-bond acceptors (Lipinski definition) is 3. The van der Waals surface area contributed by atoms with Crippen LogP contribution in [0, 0.1) is 0 Å². The second-order valence-electron chi connectivity index (χ2n) is 5.78. The lowest BCUT2D eigenvalue weighted by Crippen LogP contribution is -2.19. The summed E-state index contributed by atoms with van der Waals surface area (Å²) in [7, 11) is 0. The number of nitrogens with one attached hydrogen (secondary N) is 1. The minimum Gasteiger partial charge on any atom is -0.325 e. The van der Waals surface area contributed by atoms with Gasteiger partial charge >= 0.3 is 0 Å². The molecule has 4 rings (SSSR count). The Bertz CT molecular complexity index is 1060. The van der Waals surface area contributed by atoms with Crippen molar-refractivity contribution in [2.45, 2.75) is 6.54 Å². The maximum absolute atomic E-state index is 12.6. The molecule has 2 aromatic heterocycles. The predicted octanol–water partition coefficient (Wildman–Crippen LogP) is 4.50. The van der Waals surface area contributed by atoms with E-state index in [4.69, 9.17) is 0 Å². The second kappa shape index (κ2) is 7.09. The Morgan fingerprint density at radius 2 is 1.77 bits per heavy atom. The van der Waals surface area contributed by atoms with Gasteiger partial charge in [-0.1, -0.05) is 34.1 Å². The van der Waals surface area contributed by atoms with Gasteiger partial charge in [-0.3, -0.25) is 9.78 Å². The second-order valence-corrected chi connectivity index (χ2v) is 6.70. The van der Waals surface area contributed by atoms with Gasteiger partial charge in [-0.15, -0.1) is 0 Å². The van der Waals surface area contributed by atoms with E-state index in [1.807, 2.05) is 71.3 Å². The van der Waals surface area contributed by atoms with Gasteiger partial charge in [0, 0.05) is 16.4 Å². The Balaban J connectivity index is 1.68. The average Bonchev–Trinajstić information content (AvgIpc) is 3.03. The van der Waals surface area contributed by atoms with Gasteiger partial charge in [0.05, 0.1) is 11.0 Å². The Labute approximate surface area is 158 Å². The number of imidazole rings is 1. The maximum atomic E-state index is 12.6. The number of fused-ring (bicyclic) bond motifs is 1. The van der Waals surface area contributed by atoms with Crippen LogP contribution < -0.4 is 5.32 Å². The van der Waals surface area contributed by atoms with E-state index in [1.165, 1.54) is 0 Å². The lowest BCUT2D eigenvalue weighted by Gasteiger charge is -2.10. The molecule has 0 aliphatic rings. The van der Waals surface area contributed by atoms with Gasteiger partial charge in [0.2, 0.25) is 5.91 Å². The number of rotatable bonds is 4. The molecule has 1 amide bonds. The zero-order valence-corrected chi connectivity index (χ0v) is 15.3. The van der Waals surface area contributed by atoms with Crippen molar-refractivity contribution in [2.75, 3.05) is 5.32 Å². The summed E-state index contributed by atoms with van der Waals surface area (Å²) in [6, 6.07) is 20.9. The highest BCUT2D eigenvalue weighted by molar-refractivity contribution is 9.10. The summed E-state index contributed by atoms with van der Waals surface area (Å²) in [6.45, 7) is 0.155. The number of aromatic nitrogens is 3. The highest BCUT2D eigenvalue weighted by atomic mass is 79.9. The molecule has 0 radical (unpaired) electrons. The molecule has 6 heteroatoms. The van der Waals surface area contributed by atoms with Crippen molar-refractivity contribution in [3.8, 4) is 11.5 Å². The smallest absolute Gasteiger partial charge is 0.244 e. The molecule has 0 spiro atoms. The van der Waals surface area contributed by atoms with E-state index in [9.17, 15) is 4.79 Å². The zero-order valence-electron chi connectivity index (χ0n) is 13.8. The summed E-state index contributed by atoms with van der Waals surface area (Å²) in [4.78, 5) is 21.7. The first-order valence-electron chi connectivity index (χ1n) is 8.13. The van der Waals surface area contributed by atoms with Crippen LogP contribution in [0.5, 0.6) is 0 Å². The molecule has 0 aliphatic carbocycles. The van der Waals surface area contributed by atoms with Gasteiger partial charge in [-0.2, -0.15) is 0 Å². The third-order valence-corrected chi connectivity index (χ3v) is 4.51. The lowest BCUT2D eigenvalue weighted by molar-refractivity contribution is -0.116. The molecule has 0 saturated carbocycles. The van der Waals surface area contributed by atoms with Gasteiger partial charge in [0.15, 0.2) is 5.82 Å². The van der Waals surface area contributed by atoms with Crippen LogP contribution in [0.3, 0.4) is 0 Å². The molecule has 4 aromatic rings. The molecule has 128 valence electrons. The lowest BCUT2D eigenvalue weighted by atomic mass is 10.3. The van der Waals surface area contributed by atoms with Crippen molar-refractivity contribution in [2.24, 2.45) is 0 Å². The van der Waals surface area contributed by atoms with E-state index in [-0.39, 0.29) is 12.5 Å².